The summed E-state index contributed by atoms with van der Waals surface area (Å²) < 4.78 is 5.34. The molecule has 6 heteroatoms. The van der Waals surface area contributed by atoms with Crippen LogP contribution in [0.25, 0.3) is 0 Å². The summed E-state index contributed by atoms with van der Waals surface area (Å²) in [4.78, 5) is 18.7. The lowest BCUT2D eigenvalue weighted by atomic mass is 10.1. The summed E-state index contributed by atoms with van der Waals surface area (Å²) in [5, 5.41) is 9.42. The predicted octanol–water partition coefficient (Wildman–Crippen LogP) is 2.93. The summed E-state index contributed by atoms with van der Waals surface area (Å²) in [5.41, 5.74) is 0.933. The Morgan fingerprint density at radius 1 is 1.33 bits per heavy atom. The first-order chi connectivity index (χ1) is 8.56. The number of benzene rings is 1. The van der Waals surface area contributed by atoms with Gasteiger partial charge in [-0.05, 0) is 24.6 Å². The van der Waals surface area contributed by atoms with E-state index in [0.717, 1.165) is 5.56 Å². The highest BCUT2D eigenvalue weighted by Crippen LogP contribution is 2.24. The molecule has 5 nitrogen and oxygen atoms in total. The third kappa shape index (κ3) is 2.75. The van der Waals surface area contributed by atoms with Crippen molar-refractivity contribution in [3.63, 3.8) is 0 Å². The molecule has 18 heavy (non-hydrogen) atoms. The van der Waals surface area contributed by atoms with Crippen LogP contribution in [-0.4, -0.2) is 21.0 Å². The number of aromatic nitrogens is 2. The summed E-state index contributed by atoms with van der Waals surface area (Å²) in [5.74, 6) is -0.871. The molecule has 2 aromatic rings. The Morgan fingerprint density at radius 2 is 2.00 bits per heavy atom. The lowest BCUT2D eigenvalue weighted by molar-refractivity contribution is 0.0694. The maximum absolute atomic E-state index is 11.0. The van der Waals surface area contributed by atoms with Gasteiger partial charge in [0.25, 0.3) is 0 Å². The predicted molar refractivity (Wildman–Crippen MR) is 65.3 cm³/mol. The van der Waals surface area contributed by atoms with Crippen molar-refractivity contribution in [2.45, 2.75) is 6.92 Å². The minimum absolute atomic E-state index is 0.0486. The highest BCUT2D eigenvalue weighted by Gasteiger charge is 2.13. The van der Waals surface area contributed by atoms with Gasteiger partial charge in [0, 0.05) is 0 Å². The number of hydrogen-bond acceptors (Lipinski definition) is 4. The van der Waals surface area contributed by atoms with E-state index in [2.05, 4.69) is 9.97 Å². The van der Waals surface area contributed by atoms with E-state index in [1.165, 1.54) is 18.5 Å². The molecule has 0 amide bonds. The summed E-state index contributed by atoms with van der Waals surface area (Å²) >= 11 is 5.65. The number of carboxylic acids is 1. The molecule has 92 valence electrons. The molecule has 0 unspecified atom stereocenters. The molecule has 1 heterocycles. The molecule has 1 N–H and O–H groups in total. The van der Waals surface area contributed by atoms with E-state index >= 15 is 0 Å². The molecule has 1 aromatic carbocycles. The van der Waals surface area contributed by atoms with Crippen LogP contribution in [0.2, 0.25) is 5.02 Å². The molecule has 1 aromatic heterocycles. The number of carboxylic acid groups (broad SMARTS) is 1. The van der Waals surface area contributed by atoms with E-state index in [4.69, 9.17) is 21.4 Å². The first kappa shape index (κ1) is 12.3. The third-order valence-corrected chi connectivity index (χ3v) is 2.36. The summed E-state index contributed by atoms with van der Waals surface area (Å²) in [6.45, 7) is 1.83. The Bertz CT molecular complexity index is 584. The molecule has 0 aliphatic carbocycles. The van der Waals surface area contributed by atoms with Crippen LogP contribution < -0.4 is 4.74 Å². The van der Waals surface area contributed by atoms with Crippen LogP contribution in [0, 0.1) is 6.92 Å². The fraction of sp³-hybridized carbons (Fsp3) is 0.0833. The molecule has 0 aliphatic rings. The van der Waals surface area contributed by atoms with E-state index in [0.29, 0.717) is 5.02 Å². The van der Waals surface area contributed by atoms with Gasteiger partial charge in [-0.3, -0.25) is 0 Å². The lowest BCUT2D eigenvalue weighted by Crippen LogP contribution is -2.01. The highest BCUT2D eigenvalue weighted by molar-refractivity contribution is 6.30. The number of aryl methyl sites for hydroxylation is 1. The maximum atomic E-state index is 11.0. The van der Waals surface area contributed by atoms with Crippen molar-refractivity contribution in [3.05, 3.63) is 46.7 Å². The van der Waals surface area contributed by atoms with Gasteiger partial charge in [0.2, 0.25) is 0 Å². The molecular formula is C12H9ClN2O3. The Morgan fingerprint density at radius 3 is 2.61 bits per heavy atom. The van der Waals surface area contributed by atoms with E-state index in [-0.39, 0.29) is 17.3 Å². The van der Waals surface area contributed by atoms with Crippen molar-refractivity contribution in [1.29, 1.82) is 0 Å². The molecule has 0 saturated heterocycles. The van der Waals surface area contributed by atoms with Gasteiger partial charge in [0.05, 0.1) is 17.4 Å². The van der Waals surface area contributed by atoms with Gasteiger partial charge >= 0.3 is 12.0 Å². The van der Waals surface area contributed by atoms with Crippen molar-refractivity contribution in [2.24, 2.45) is 0 Å². The van der Waals surface area contributed by atoms with Gasteiger partial charge < -0.3 is 9.84 Å². The fourth-order valence-electron chi connectivity index (χ4n) is 1.34. The van der Waals surface area contributed by atoms with Crippen LogP contribution >= 0.6 is 11.6 Å². The van der Waals surface area contributed by atoms with Gasteiger partial charge in [-0.2, -0.15) is 0 Å². The zero-order valence-corrected chi connectivity index (χ0v) is 10.2. The number of halogens is 1. The summed E-state index contributed by atoms with van der Waals surface area (Å²) in [6, 6.07) is 4.83. The van der Waals surface area contributed by atoms with Crippen LogP contribution in [-0.2, 0) is 0 Å². The Labute approximate surface area is 108 Å². The molecule has 0 saturated carbocycles. The maximum Gasteiger partial charge on any atom is 0.339 e. The summed E-state index contributed by atoms with van der Waals surface area (Å²) in [7, 11) is 0. The average molecular weight is 265 g/mol. The number of carbonyl (C=O) groups is 1. The molecule has 0 atom stereocenters. The molecule has 0 aliphatic heterocycles. The highest BCUT2D eigenvalue weighted by atomic mass is 35.5. The minimum atomic E-state index is -1.07. The molecule has 2 rings (SSSR count). The quantitative estimate of drug-likeness (QED) is 0.923. The van der Waals surface area contributed by atoms with E-state index in [1.807, 2.05) is 6.92 Å². The largest absolute Gasteiger partial charge is 0.478 e. The van der Waals surface area contributed by atoms with Crippen molar-refractivity contribution < 1.29 is 14.6 Å². The Balaban J connectivity index is 2.35. The molecule has 0 fully saturated rings. The fourth-order valence-corrected chi connectivity index (χ4v) is 1.44. The summed E-state index contributed by atoms with van der Waals surface area (Å²) in [6.07, 6.45) is 2.75. The topological polar surface area (TPSA) is 72.3 Å². The van der Waals surface area contributed by atoms with Crippen LogP contribution in [0.4, 0.5) is 0 Å². The Hall–Kier alpha value is -2.14. The second-order valence-corrected chi connectivity index (χ2v) is 4.03. The van der Waals surface area contributed by atoms with Crippen LogP contribution in [0.1, 0.15) is 15.9 Å². The zero-order chi connectivity index (χ0) is 13.1. The van der Waals surface area contributed by atoms with Crippen molar-refractivity contribution in [3.8, 4) is 11.8 Å². The van der Waals surface area contributed by atoms with Gasteiger partial charge in [0.15, 0.2) is 0 Å². The van der Waals surface area contributed by atoms with Crippen molar-refractivity contribution in [1.82, 2.24) is 9.97 Å². The van der Waals surface area contributed by atoms with Gasteiger partial charge in [-0.1, -0.05) is 17.7 Å². The second-order valence-electron chi connectivity index (χ2n) is 3.59. The number of nitrogens with zero attached hydrogens (tertiary/aromatic N) is 2. The van der Waals surface area contributed by atoms with E-state index in [9.17, 15) is 4.79 Å². The van der Waals surface area contributed by atoms with Crippen LogP contribution in [0.15, 0.2) is 30.6 Å². The third-order valence-electron chi connectivity index (χ3n) is 2.17. The van der Waals surface area contributed by atoms with Crippen molar-refractivity contribution in [2.75, 3.05) is 0 Å². The number of ether oxygens (including phenoxy) is 1. The Kier molecular flexibility index (Phi) is 3.43. The SMILES string of the molecule is Cc1ccc(C(=O)O)c(Oc2ncc(Cl)cn2)c1. The average Bonchev–Trinajstić information content (AvgIpc) is 2.32. The van der Waals surface area contributed by atoms with Crippen molar-refractivity contribution >= 4 is 17.6 Å². The first-order valence-corrected chi connectivity index (χ1v) is 5.43. The van der Waals surface area contributed by atoms with Crippen LogP contribution in [0.3, 0.4) is 0 Å². The smallest absolute Gasteiger partial charge is 0.339 e. The minimum Gasteiger partial charge on any atom is -0.478 e. The number of aromatic carboxylic acids is 1. The molecule has 0 radical (unpaired) electrons. The first-order valence-electron chi connectivity index (χ1n) is 5.05. The van der Waals surface area contributed by atoms with Gasteiger partial charge in [-0.15, -0.1) is 0 Å². The molecule has 0 spiro atoms. The number of rotatable bonds is 3. The number of hydrogen-bond donors (Lipinski definition) is 1. The standard InChI is InChI=1S/C12H9ClN2O3/c1-7-2-3-9(11(16)17)10(4-7)18-12-14-5-8(13)6-15-12/h2-6H,1H3,(H,16,17). The monoisotopic (exact) mass is 264 g/mol. The lowest BCUT2D eigenvalue weighted by Gasteiger charge is -2.07. The van der Waals surface area contributed by atoms with E-state index in [1.54, 1.807) is 12.1 Å². The van der Waals surface area contributed by atoms with Crippen LogP contribution in [0.5, 0.6) is 11.8 Å². The normalized spacial score (nSPS) is 10.1. The van der Waals surface area contributed by atoms with Gasteiger partial charge in [0.1, 0.15) is 11.3 Å². The van der Waals surface area contributed by atoms with Gasteiger partial charge in [-0.25, -0.2) is 14.8 Å². The molecular weight excluding hydrogens is 256 g/mol. The van der Waals surface area contributed by atoms with E-state index < -0.39 is 5.97 Å². The second kappa shape index (κ2) is 5.01. The zero-order valence-electron chi connectivity index (χ0n) is 9.42. The molecule has 0 bridgehead atoms.